The highest BCUT2D eigenvalue weighted by atomic mass is 35.5. The Morgan fingerprint density at radius 1 is 0.962 bits per heavy atom. The third-order valence-electron chi connectivity index (χ3n) is 8.67. The van der Waals surface area contributed by atoms with Gasteiger partial charge >= 0.3 is 19.5 Å². The third kappa shape index (κ3) is 8.63. The number of nitrogens with zero attached hydrogens (tertiary/aromatic N) is 3. The molecule has 1 aliphatic heterocycles. The maximum absolute atomic E-state index is 13.6. The van der Waals surface area contributed by atoms with Crippen molar-refractivity contribution in [2.45, 2.75) is 56.3 Å². The smallest absolute Gasteiger partial charge is 0.361 e. The average Bonchev–Trinajstić information content (AvgIpc) is 3.89. The molecule has 0 unspecified atom stereocenters. The maximum atomic E-state index is 13.6. The van der Waals surface area contributed by atoms with Gasteiger partial charge in [-0.15, -0.1) is 0 Å². The summed E-state index contributed by atoms with van der Waals surface area (Å²) in [7, 11) is -4.27. The number of aliphatic hydroxyl groups excluding tert-OH is 2. The van der Waals surface area contributed by atoms with Crippen LogP contribution in [-0.4, -0.2) is 82.6 Å². The second-order valence-electron chi connectivity index (χ2n) is 12.1. The monoisotopic (exact) mass is 754 g/mol. The second kappa shape index (κ2) is 17.0. The zero-order valence-electron chi connectivity index (χ0n) is 27.7. The first kappa shape index (κ1) is 37.4. The fraction of sp³-hybridized carbons (Fsp3) is 0.371. The molecule has 2 aromatic heterocycles. The zero-order valence-corrected chi connectivity index (χ0v) is 29.4. The number of halogens is 1. The molecule has 0 radical (unpaired) electrons. The zero-order chi connectivity index (χ0) is 36.7. The normalized spacial score (nSPS) is 20.5. The van der Waals surface area contributed by atoms with Crippen LogP contribution < -0.4 is 5.32 Å². The molecule has 1 aliphatic carbocycles. The number of hydrogen-bond donors (Lipinski definition) is 3. The van der Waals surface area contributed by atoms with Crippen LogP contribution in [0.4, 0.5) is 5.69 Å². The molecule has 274 valence electrons. The quantitative estimate of drug-likeness (QED) is 0.0606. The van der Waals surface area contributed by atoms with E-state index in [2.05, 4.69) is 16.4 Å². The molecule has 0 amide bonds. The Morgan fingerprint density at radius 3 is 2.13 bits per heavy atom. The van der Waals surface area contributed by atoms with Crippen molar-refractivity contribution in [2.24, 2.45) is 0 Å². The van der Waals surface area contributed by atoms with Crippen molar-refractivity contribution in [3.8, 4) is 6.07 Å². The van der Waals surface area contributed by atoms with Crippen molar-refractivity contribution < 1.29 is 52.4 Å². The summed E-state index contributed by atoms with van der Waals surface area (Å²) in [5.74, 6) is -1.49. The number of pyridine rings is 1. The molecule has 15 nitrogen and oxygen atoms in total. The van der Waals surface area contributed by atoms with Gasteiger partial charge in [0.15, 0.2) is 11.4 Å². The van der Waals surface area contributed by atoms with Crippen molar-refractivity contribution in [3.05, 3.63) is 94.8 Å². The Labute approximate surface area is 303 Å². The molecule has 1 saturated heterocycles. The highest BCUT2D eigenvalue weighted by molar-refractivity contribution is 7.53. The van der Waals surface area contributed by atoms with Gasteiger partial charge in [-0.3, -0.25) is 13.6 Å². The first-order valence-corrected chi connectivity index (χ1v) is 18.6. The number of benzene rings is 2. The minimum Gasteiger partial charge on any atom is -0.434 e. The molecule has 2 fully saturated rings. The molecule has 0 spiro atoms. The summed E-state index contributed by atoms with van der Waals surface area (Å²) in [5, 5.41) is 35.8. The number of esters is 2. The predicted octanol–water partition coefficient (Wildman–Crippen LogP) is 5.36. The van der Waals surface area contributed by atoms with E-state index in [9.17, 15) is 29.6 Å². The van der Waals surface area contributed by atoms with E-state index in [1.54, 1.807) is 48.7 Å². The summed E-state index contributed by atoms with van der Waals surface area (Å²) < 4.78 is 47.5. The lowest BCUT2D eigenvalue weighted by Gasteiger charge is -2.20. The molecule has 2 aliphatic rings. The number of anilines is 1. The van der Waals surface area contributed by atoms with Crippen molar-refractivity contribution >= 4 is 47.9 Å². The van der Waals surface area contributed by atoms with E-state index in [-0.39, 0.29) is 34.5 Å². The van der Waals surface area contributed by atoms with Crippen LogP contribution >= 0.6 is 19.2 Å². The molecule has 52 heavy (non-hydrogen) atoms. The van der Waals surface area contributed by atoms with Crippen LogP contribution in [0.3, 0.4) is 0 Å². The largest absolute Gasteiger partial charge is 0.434 e. The molecule has 0 bridgehead atoms. The van der Waals surface area contributed by atoms with Gasteiger partial charge < -0.3 is 39.0 Å². The number of carbonyl (C=O) groups excluding carboxylic acids is 2. The second-order valence-corrected chi connectivity index (χ2v) is 14.5. The van der Waals surface area contributed by atoms with Crippen LogP contribution in [0.5, 0.6) is 0 Å². The molecule has 6 rings (SSSR count). The highest BCUT2D eigenvalue weighted by Gasteiger charge is 2.45. The number of nitrogens with one attached hydrogen (secondary N) is 1. The van der Waals surface area contributed by atoms with E-state index in [0.717, 1.165) is 25.7 Å². The SMILES string of the molecule is N#Cc1c(Cl)nc2c(ccn2[C@@H]2O[C@H](COCP(=O)(OCOC(=O)c3ccccc3)OCOC(=O)c3ccccc3)[C@@H](O)[C@H]2O)c1NC1CCCC1. The van der Waals surface area contributed by atoms with E-state index in [1.807, 2.05) is 0 Å². The van der Waals surface area contributed by atoms with E-state index in [1.165, 1.54) is 28.8 Å². The molecule has 3 N–H and O–H groups in total. The Bertz CT molecular complexity index is 1890. The van der Waals surface area contributed by atoms with Crippen molar-refractivity contribution in [3.63, 3.8) is 0 Å². The van der Waals surface area contributed by atoms with Crippen LogP contribution in [0.15, 0.2) is 72.9 Å². The van der Waals surface area contributed by atoms with Gasteiger partial charge in [-0.2, -0.15) is 5.26 Å². The molecule has 3 heterocycles. The number of nitriles is 1. The van der Waals surface area contributed by atoms with Crippen LogP contribution in [0.1, 0.15) is 58.2 Å². The van der Waals surface area contributed by atoms with Gasteiger partial charge in [0.25, 0.3) is 0 Å². The van der Waals surface area contributed by atoms with Gasteiger partial charge in [0.2, 0.25) is 13.6 Å². The summed E-state index contributed by atoms with van der Waals surface area (Å²) in [6, 6.07) is 20.1. The van der Waals surface area contributed by atoms with E-state index in [0.29, 0.717) is 16.7 Å². The fourth-order valence-corrected chi connectivity index (χ4v) is 7.19. The van der Waals surface area contributed by atoms with Gasteiger partial charge in [-0.05, 0) is 43.2 Å². The summed E-state index contributed by atoms with van der Waals surface area (Å²) in [4.78, 5) is 29.1. The maximum Gasteiger partial charge on any atom is 0.361 e. The number of rotatable bonds is 15. The molecule has 4 atom stereocenters. The minimum atomic E-state index is -4.27. The molecule has 4 aromatic rings. The lowest BCUT2D eigenvalue weighted by atomic mass is 10.1. The van der Waals surface area contributed by atoms with Crippen molar-refractivity contribution in [1.29, 1.82) is 5.26 Å². The van der Waals surface area contributed by atoms with Gasteiger partial charge in [0.05, 0.1) is 23.4 Å². The molecule has 2 aromatic carbocycles. The van der Waals surface area contributed by atoms with Gasteiger partial charge in [-0.1, -0.05) is 60.8 Å². The van der Waals surface area contributed by atoms with E-state index in [4.69, 9.17) is 39.6 Å². The Kier molecular flexibility index (Phi) is 12.2. The number of aliphatic hydroxyl groups is 2. The molecular weight excluding hydrogens is 719 g/mol. The van der Waals surface area contributed by atoms with E-state index < -0.39 is 64.0 Å². The van der Waals surface area contributed by atoms with Crippen LogP contribution in [0.2, 0.25) is 5.15 Å². The summed E-state index contributed by atoms with van der Waals surface area (Å²) in [6.45, 7) is -1.96. The first-order valence-electron chi connectivity index (χ1n) is 16.5. The van der Waals surface area contributed by atoms with Gasteiger partial charge in [0.1, 0.15) is 41.9 Å². The predicted molar refractivity (Wildman–Crippen MR) is 185 cm³/mol. The topological polar surface area (TPSA) is 201 Å². The number of aromatic nitrogens is 2. The van der Waals surface area contributed by atoms with Crippen LogP contribution in [-0.2, 0) is 32.6 Å². The molecule has 17 heteroatoms. The number of hydrogen-bond acceptors (Lipinski definition) is 14. The first-order chi connectivity index (χ1) is 25.2. The third-order valence-corrected chi connectivity index (χ3v) is 10.4. The Morgan fingerprint density at radius 2 is 1.56 bits per heavy atom. The van der Waals surface area contributed by atoms with Crippen molar-refractivity contribution in [2.75, 3.05) is 31.9 Å². The Hall–Kier alpha value is -4.36. The van der Waals surface area contributed by atoms with Crippen molar-refractivity contribution in [1.82, 2.24) is 9.55 Å². The van der Waals surface area contributed by atoms with Gasteiger partial charge in [0, 0.05) is 17.6 Å². The van der Waals surface area contributed by atoms with E-state index >= 15 is 0 Å². The summed E-state index contributed by atoms with van der Waals surface area (Å²) >= 11 is 6.44. The fourth-order valence-electron chi connectivity index (χ4n) is 6.00. The Balaban J connectivity index is 1.11. The minimum absolute atomic E-state index is 0.0250. The standard InChI is InChI=1S/C35H36ClN4O11P/c36-31-26(17-37)28(38-24-13-7-8-14-24)25-15-16-40(32(25)39-31)33-30(42)29(41)27(51-33)18-46-21-52(45,49-19-47-34(43)22-9-3-1-4-10-22)50-20-48-35(44)23-11-5-2-6-12-23/h1-6,9-12,15-16,24,27,29-30,33,41-42H,7-8,13-14,18-21H2,(H,38,39)/t27-,29-,30-,33-/m1/s1. The van der Waals surface area contributed by atoms with Crippen LogP contribution in [0, 0.1) is 11.3 Å². The lowest BCUT2D eigenvalue weighted by Crippen LogP contribution is -2.34. The highest BCUT2D eigenvalue weighted by Crippen LogP contribution is 2.48. The molecular formula is C35H36ClN4O11P. The summed E-state index contributed by atoms with van der Waals surface area (Å²) in [5.41, 5.74) is 1.53. The average molecular weight is 755 g/mol. The number of ether oxygens (including phenoxy) is 4. The van der Waals surface area contributed by atoms with Crippen LogP contribution in [0.25, 0.3) is 11.0 Å². The molecule has 1 saturated carbocycles. The van der Waals surface area contributed by atoms with Gasteiger partial charge in [-0.25, -0.2) is 14.6 Å². The lowest BCUT2D eigenvalue weighted by molar-refractivity contribution is -0.0637. The number of fused-ring (bicyclic) bond motifs is 1. The summed E-state index contributed by atoms with van der Waals surface area (Å²) in [6.07, 6.45) is -0.225. The number of carbonyl (C=O) groups is 2.